The highest BCUT2D eigenvalue weighted by molar-refractivity contribution is 7.98. The number of benzene rings is 1. The molecular formula is C18H21N3O2S. The lowest BCUT2D eigenvalue weighted by molar-refractivity contribution is 0.0896. The largest absolute Gasteiger partial charge is 0.496 e. The van der Waals surface area contributed by atoms with Gasteiger partial charge in [0.1, 0.15) is 5.75 Å². The molecule has 1 N–H and O–H groups in total. The van der Waals surface area contributed by atoms with Crippen molar-refractivity contribution in [3.05, 3.63) is 47.8 Å². The van der Waals surface area contributed by atoms with Crippen LogP contribution >= 0.6 is 11.8 Å². The van der Waals surface area contributed by atoms with E-state index in [1.807, 2.05) is 30.5 Å². The van der Waals surface area contributed by atoms with E-state index in [1.54, 1.807) is 19.5 Å². The molecule has 1 saturated carbocycles. The fourth-order valence-corrected chi connectivity index (χ4v) is 3.62. The molecule has 1 amide bonds. The van der Waals surface area contributed by atoms with Gasteiger partial charge in [0.2, 0.25) is 0 Å². The first-order valence-corrected chi connectivity index (χ1v) is 9.23. The van der Waals surface area contributed by atoms with Gasteiger partial charge in [0.25, 0.3) is 5.91 Å². The summed E-state index contributed by atoms with van der Waals surface area (Å²) in [4.78, 5) is 21.1. The van der Waals surface area contributed by atoms with Crippen molar-refractivity contribution in [1.29, 1.82) is 0 Å². The molecule has 1 heterocycles. The zero-order valence-electron chi connectivity index (χ0n) is 13.9. The summed E-state index contributed by atoms with van der Waals surface area (Å²) >= 11 is 1.45. The van der Waals surface area contributed by atoms with Gasteiger partial charge in [-0.25, -0.2) is 9.97 Å². The standard InChI is InChI=1S/C18H21N3O2S/c1-23-15-8-4-3-7-14(15)18(9-5-6-10-18)21-16(22)13-11-19-17(24-2)20-12-13/h3-4,7-8,11-12H,5-6,9-10H2,1-2H3,(H,21,22). The summed E-state index contributed by atoms with van der Waals surface area (Å²) in [5.41, 5.74) is 1.14. The van der Waals surface area contributed by atoms with E-state index >= 15 is 0 Å². The number of methoxy groups -OCH3 is 1. The van der Waals surface area contributed by atoms with E-state index in [2.05, 4.69) is 15.3 Å². The van der Waals surface area contributed by atoms with Crippen molar-refractivity contribution in [2.75, 3.05) is 13.4 Å². The molecule has 6 heteroatoms. The van der Waals surface area contributed by atoms with E-state index in [4.69, 9.17) is 4.74 Å². The number of thioether (sulfide) groups is 1. The molecule has 5 nitrogen and oxygen atoms in total. The zero-order chi connectivity index (χ0) is 17.0. The van der Waals surface area contributed by atoms with E-state index in [1.165, 1.54) is 11.8 Å². The van der Waals surface area contributed by atoms with Crippen LogP contribution in [0.15, 0.2) is 41.8 Å². The van der Waals surface area contributed by atoms with Crippen molar-refractivity contribution in [3.8, 4) is 5.75 Å². The lowest BCUT2D eigenvalue weighted by atomic mass is 9.87. The van der Waals surface area contributed by atoms with Gasteiger partial charge in [-0.1, -0.05) is 42.8 Å². The van der Waals surface area contributed by atoms with Gasteiger partial charge in [0.15, 0.2) is 5.16 Å². The Bertz CT molecular complexity index is 712. The molecule has 1 fully saturated rings. The minimum atomic E-state index is -0.387. The van der Waals surface area contributed by atoms with E-state index in [9.17, 15) is 4.79 Å². The van der Waals surface area contributed by atoms with Crippen molar-refractivity contribution in [2.45, 2.75) is 36.4 Å². The van der Waals surface area contributed by atoms with Crippen LogP contribution in [0.2, 0.25) is 0 Å². The summed E-state index contributed by atoms with van der Waals surface area (Å²) < 4.78 is 5.52. The number of ether oxygens (including phenoxy) is 1. The fourth-order valence-electron chi connectivity index (χ4n) is 3.31. The molecule has 0 atom stereocenters. The Morgan fingerprint density at radius 1 is 1.21 bits per heavy atom. The van der Waals surface area contributed by atoms with E-state index in [0.29, 0.717) is 10.7 Å². The van der Waals surface area contributed by atoms with Crippen LogP contribution in [0.4, 0.5) is 0 Å². The fraction of sp³-hybridized carbons (Fsp3) is 0.389. The average Bonchev–Trinajstić information content (AvgIpc) is 3.11. The highest BCUT2D eigenvalue weighted by Crippen LogP contribution is 2.42. The zero-order valence-corrected chi connectivity index (χ0v) is 14.7. The summed E-state index contributed by atoms with van der Waals surface area (Å²) in [5.74, 6) is 0.671. The maximum Gasteiger partial charge on any atom is 0.255 e. The van der Waals surface area contributed by atoms with Crippen LogP contribution in [-0.4, -0.2) is 29.2 Å². The third-order valence-electron chi connectivity index (χ3n) is 4.51. The number of carbonyl (C=O) groups excluding carboxylic acids is 1. The third kappa shape index (κ3) is 3.24. The topological polar surface area (TPSA) is 64.1 Å². The molecule has 0 aliphatic heterocycles. The van der Waals surface area contributed by atoms with Crippen LogP contribution in [0.1, 0.15) is 41.6 Å². The molecule has 24 heavy (non-hydrogen) atoms. The Labute approximate surface area is 146 Å². The first-order valence-electron chi connectivity index (χ1n) is 8.00. The Balaban J connectivity index is 1.89. The van der Waals surface area contributed by atoms with Crippen LogP contribution in [0.25, 0.3) is 0 Å². The second kappa shape index (κ2) is 7.21. The third-order valence-corrected chi connectivity index (χ3v) is 5.08. The second-order valence-corrected chi connectivity index (χ2v) is 6.68. The van der Waals surface area contributed by atoms with Crippen LogP contribution in [0.5, 0.6) is 5.75 Å². The smallest absolute Gasteiger partial charge is 0.255 e. The first kappa shape index (κ1) is 16.8. The predicted molar refractivity (Wildman–Crippen MR) is 94.4 cm³/mol. The van der Waals surface area contributed by atoms with Gasteiger partial charge >= 0.3 is 0 Å². The summed E-state index contributed by atoms with van der Waals surface area (Å²) in [7, 11) is 1.66. The molecule has 1 aliphatic carbocycles. The Morgan fingerprint density at radius 3 is 2.50 bits per heavy atom. The highest BCUT2D eigenvalue weighted by Gasteiger charge is 2.39. The molecular weight excluding hydrogens is 322 g/mol. The number of aromatic nitrogens is 2. The number of hydrogen-bond donors (Lipinski definition) is 1. The highest BCUT2D eigenvalue weighted by atomic mass is 32.2. The van der Waals surface area contributed by atoms with Gasteiger partial charge in [-0.15, -0.1) is 0 Å². The number of nitrogens with one attached hydrogen (secondary N) is 1. The van der Waals surface area contributed by atoms with Crippen LogP contribution in [0, 0.1) is 0 Å². The molecule has 1 aromatic heterocycles. The van der Waals surface area contributed by atoms with Gasteiger partial charge in [0.05, 0.1) is 18.2 Å². The molecule has 0 radical (unpaired) electrons. The number of hydrogen-bond acceptors (Lipinski definition) is 5. The minimum absolute atomic E-state index is 0.143. The lowest BCUT2D eigenvalue weighted by Gasteiger charge is -2.32. The van der Waals surface area contributed by atoms with Gasteiger partial charge < -0.3 is 10.1 Å². The molecule has 1 aromatic carbocycles. The molecule has 0 saturated heterocycles. The van der Waals surface area contributed by atoms with Crippen molar-refractivity contribution >= 4 is 17.7 Å². The Hall–Kier alpha value is -2.08. The van der Waals surface area contributed by atoms with Crippen molar-refractivity contribution in [3.63, 3.8) is 0 Å². The maximum atomic E-state index is 12.7. The van der Waals surface area contributed by atoms with Crippen molar-refractivity contribution in [1.82, 2.24) is 15.3 Å². The van der Waals surface area contributed by atoms with Gasteiger partial charge in [-0.05, 0) is 25.2 Å². The number of carbonyl (C=O) groups is 1. The second-order valence-electron chi connectivity index (χ2n) is 5.90. The number of nitrogens with zero attached hydrogens (tertiary/aromatic N) is 2. The molecule has 0 bridgehead atoms. The molecule has 126 valence electrons. The summed E-state index contributed by atoms with van der Waals surface area (Å²) in [6.45, 7) is 0. The Kier molecular flexibility index (Phi) is 5.04. The molecule has 0 spiro atoms. The van der Waals surface area contributed by atoms with Gasteiger partial charge in [-0.3, -0.25) is 4.79 Å². The van der Waals surface area contributed by atoms with E-state index in [0.717, 1.165) is 37.0 Å². The SMILES string of the molecule is COc1ccccc1C1(NC(=O)c2cnc(SC)nc2)CCCC1. The molecule has 3 rings (SSSR count). The predicted octanol–water partition coefficient (Wildman–Crippen LogP) is 3.41. The molecule has 2 aromatic rings. The van der Waals surface area contributed by atoms with Crippen molar-refractivity contribution < 1.29 is 9.53 Å². The number of amides is 1. The number of para-hydroxylation sites is 1. The average molecular weight is 343 g/mol. The van der Waals surface area contributed by atoms with E-state index in [-0.39, 0.29) is 11.4 Å². The maximum absolute atomic E-state index is 12.7. The summed E-state index contributed by atoms with van der Waals surface area (Å²) in [6, 6.07) is 7.91. The quantitative estimate of drug-likeness (QED) is 0.666. The van der Waals surface area contributed by atoms with Gasteiger partial charge in [0, 0.05) is 18.0 Å². The molecule has 0 unspecified atom stereocenters. The first-order chi connectivity index (χ1) is 11.7. The summed E-state index contributed by atoms with van der Waals surface area (Å²) in [6.07, 6.45) is 9.05. The summed E-state index contributed by atoms with van der Waals surface area (Å²) in [5, 5.41) is 3.89. The molecule has 1 aliphatic rings. The van der Waals surface area contributed by atoms with Crippen molar-refractivity contribution in [2.24, 2.45) is 0 Å². The normalized spacial score (nSPS) is 15.9. The monoisotopic (exact) mass is 343 g/mol. The lowest BCUT2D eigenvalue weighted by Crippen LogP contribution is -2.44. The van der Waals surface area contributed by atoms with E-state index < -0.39 is 0 Å². The van der Waals surface area contributed by atoms with Crippen LogP contribution in [-0.2, 0) is 5.54 Å². The number of rotatable bonds is 5. The minimum Gasteiger partial charge on any atom is -0.496 e. The van der Waals surface area contributed by atoms with Crippen LogP contribution in [0.3, 0.4) is 0 Å². The van der Waals surface area contributed by atoms with Gasteiger partial charge in [-0.2, -0.15) is 0 Å². The Morgan fingerprint density at radius 2 is 1.88 bits per heavy atom. The van der Waals surface area contributed by atoms with Crippen LogP contribution < -0.4 is 10.1 Å².